The van der Waals surface area contributed by atoms with Crippen molar-refractivity contribution in [3.63, 3.8) is 0 Å². The zero-order chi connectivity index (χ0) is 28.8. The Morgan fingerprint density at radius 3 is 2.48 bits per heavy atom. The van der Waals surface area contributed by atoms with Gasteiger partial charge in [0.1, 0.15) is 0 Å². The largest absolute Gasteiger partial charge is 0.448 e. The number of nitrogens with one attached hydrogen (secondary N) is 3. The van der Waals surface area contributed by atoms with E-state index in [9.17, 15) is 18.4 Å². The number of carbonyl (C=O) groups excluding carboxylic acids is 1. The fourth-order valence-electron chi connectivity index (χ4n) is 6.08. The van der Waals surface area contributed by atoms with Gasteiger partial charge in [0.15, 0.2) is 11.5 Å². The highest BCUT2D eigenvalue weighted by Crippen LogP contribution is 2.52. The number of hydrogen-bond donors (Lipinski definition) is 3. The van der Waals surface area contributed by atoms with Gasteiger partial charge in [-0.2, -0.15) is 0 Å². The van der Waals surface area contributed by atoms with Gasteiger partial charge >= 0.3 is 0 Å². The summed E-state index contributed by atoms with van der Waals surface area (Å²) in [5.41, 5.74) is 2.02. The predicted molar refractivity (Wildman–Crippen MR) is 152 cm³/mol. The number of halogens is 3. The number of rotatable bonds is 8. The molecule has 11 heteroatoms. The third-order valence-corrected chi connectivity index (χ3v) is 9.63. The highest BCUT2D eigenvalue weighted by molar-refractivity contribution is 7.98. The van der Waals surface area contributed by atoms with Gasteiger partial charge in [0.2, 0.25) is 0 Å². The van der Waals surface area contributed by atoms with E-state index in [4.69, 9.17) is 21.1 Å². The minimum absolute atomic E-state index is 0.0659. The molecule has 5 rings (SSSR count). The Labute approximate surface area is 242 Å². The third kappa shape index (κ3) is 5.85. The van der Waals surface area contributed by atoms with Gasteiger partial charge in [0, 0.05) is 65.5 Å². The summed E-state index contributed by atoms with van der Waals surface area (Å²) >= 11 is 8.05. The number of amides is 1. The first-order chi connectivity index (χ1) is 18.9. The molecule has 0 saturated heterocycles. The lowest BCUT2D eigenvalue weighted by Gasteiger charge is -2.39. The van der Waals surface area contributed by atoms with Crippen molar-refractivity contribution in [2.45, 2.75) is 88.5 Å². The molecular formula is C29H36ClF2N3O4S. The minimum atomic E-state index is -2.51. The molecule has 3 aliphatic rings. The van der Waals surface area contributed by atoms with Crippen LogP contribution in [-0.4, -0.2) is 41.4 Å². The zero-order valence-electron chi connectivity index (χ0n) is 23.2. The first-order valence-electron chi connectivity index (χ1n) is 13.8. The van der Waals surface area contributed by atoms with Crippen LogP contribution in [0.3, 0.4) is 0 Å². The molecule has 0 spiro atoms. The van der Waals surface area contributed by atoms with Crippen LogP contribution in [0.2, 0.25) is 5.02 Å². The molecule has 1 atom stereocenters. The number of aromatic nitrogens is 1. The molecule has 40 heavy (non-hydrogen) atoms. The van der Waals surface area contributed by atoms with E-state index in [0.29, 0.717) is 39.1 Å². The predicted octanol–water partition coefficient (Wildman–Crippen LogP) is 5.98. The normalized spacial score (nSPS) is 25.5. The molecule has 2 heterocycles. The summed E-state index contributed by atoms with van der Waals surface area (Å²) in [5, 5.41) is 6.45. The quantitative estimate of drug-likeness (QED) is 0.325. The average Bonchev–Trinajstić information content (AvgIpc) is 3.27. The van der Waals surface area contributed by atoms with Crippen LogP contribution in [0, 0.1) is 25.7 Å². The molecule has 7 nitrogen and oxygen atoms in total. The second kappa shape index (κ2) is 11.2. The van der Waals surface area contributed by atoms with Crippen molar-refractivity contribution in [2.75, 3.05) is 12.8 Å². The standard InChI is InChI=1S/C29H36ClF2N3O4S/c1-15-9-23(40-4)21(27(37)35-15)14-34-26(36)20-10-22(30)25-24(16(20)2)38-28(3,39-25)18-7-5-17(6-8-18)13-33-19-11-29(31,32)12-19/h9-10,17-19,33H,5-8,11-14H2,1-4H3,(H,34,36)(H,35,37)/t17-,18-,28-/m0/s1. The van der Waals surface area contributed by atoms with Crippen LogP contribution in [0.5, 0.6) is 11.5 Å². The summed E-state index contributed by atoms with van der Waals surface area (Å²) in [6, 6.07) is 3.39. The van der Waals surface area contributed by atoms with Crippen LogP contribution in [0.1, 0.15) is 72.6 Å². The molecule has 1 aromatic carbocycles. The number of alkyl halides is 2. The molecule has 2 aliphatic carbocycles. The van der Waals surface area contributed by atoms with E-state index in [1.807, 2.05) is 26.2 Å². The van der Waals surface area contributed by atoms with Gasteiger partial charge < -0.3 is 25.1 Å². The highest BCUT2D eigenvalue weighted by atomic mass is 35.5. The molecule has 0 radical (unpaired) electrons. The number of thioether (sulfide) groups is 1. The molecule has 1 aliphatic heterocycles. The molecule has 0 unspecified atom stereocenters. The number of H-pyrrole nitrogens is 1. The van der Waals surface area contributed by atoms with Crippen LogP contribution >= 0.6 is 23.4 Å². The smallest absolute Gasteiger partial charge is 0.254 e. The zero-order valence-corrected chi connectivity index (χ0v) is 24.8. The maximum Gasteiger partial charge on any atom is 0.254 e. The summed E-state index contributed by atoms with van der Waals surface area (Å²) in [5.74, 6) is -2.32. The maximum absolute atomic E-state index is 13.2. The van der Waals surface area contributed by atoms with E-state index >= 15 is 0 Å². The van der Waals surface area contributed by atoms with Crippen molar-refractivity contribution < 1.29 is 23.0 Å². The lowest BCUT2D eigenvalue weighted by atomic mass is 9.78. The number of hydrogen-bond acceptors (Lipinski definition) is 6. The number of pyridine rings is 1. The first-order valence-corrected chi connectivity index (χ1v) is 15.4. The SMILES string of the molecule is CSc1cc(C)[nH]c(=O)c1CNC(=O)c1cc(Cl)c2c(c1C)O[C@](C)([C@H]1CC[C@H](CNC3CC(F)(F)C3)CC1)O2. The highest BCUT2D eigenvalue weighted by Gasteiger charge is 2.48. The summed E-state index contributed by atoms with van der Waals surface area (Å²) in [6.07, 6.45) is 5.43. The average molecular weight is 596 g/mol. The number of aryl methyl sites for hydroxylation is 1. The third-order valence-electron chi connectivity index (χ3n) is 8.54. The minimum Gasteiger partial charge on any atom is -0.448 e. The number of fused-ring (bicyclic) bond motifs is 1. The van der Waals surface area contributed by atoms with Crippen molar-refractivity contribution in [1.29, 1.82) is 0 Å². The van der Waals surface area contributed by atoms with E-state index in [2.05, 4.69) is 15.6 Å². The molecule has 3 N–H and O–H groups in total. The molecule has 1 aromatic heterocycles. The monoisotopic (exact) mass is 595 g/mol. The van der Waals surface area contributed by atoms with E-state index < -0.39 is 11.7 Å². The molecule has 1 amide bonds. The Bertz CT molecular complexity index is 1350. The van der Waals surface area contributed by atoms with Crippen LogP contribution in [0.25, 0.3) is 0 Å². The second-order valence-electron chi connectivity index (χ2n) is 11.5. The van der Waals surface area contributed by atoms with Crippen LogP contribution in [-0.2, 0) is 6.54 Å². The van der Waals surface area contributed by atoms with Crippen LogP contribution in [0.4, 0.5) is 8.78 Å². The van der Waals surface area contributed by atoms with Crippen LogP contribution in [0.15, 0.2) is 21.8 Å². The van der Waals surface area contributed by atoms with Crippen molar-refractivity contribution in [3.8, 4) is 11.5 Å². The summed E-state index contributed by atoms with van der Waals surface area (Å²) in [4.78, 5) is 29.3. The molecule has 0 bridgehead atoms. The van der Waals surface area contributed by atoms with Crippen molar-refractivity contribution in [3.05, 3.63) is 49.9 Å². The number of aromatic amines is 1. The van der Waals surface area contributed by atoms with Gasteiger partial charge in [-0.3, -0.25) is 9.59 Å². The van der Waals surface area contributed by atoms with Gasteiger partial charge in [-0.25, -0.2) is 8.78 Å². The molecule has 2 aromatic rings. The Morgan fingerprint density at radius 1 is 1.15 bits per heavy atom. The Morgan fingerprint density at radius 2 is 1.82 bits per heavy atom. The fourth-order valence-corrected chi connectivity index (χ4v) is 7.02. The number of carbonyl (C=O) groups is 1. The summed E-state index contributed by atoms with van der Waals surface area (Å²) < 4.78 is 38.9. The van der Waals surface area contributed by atoms with Crippen molar-refractivity contribution in [2.24, 2.45) is 11.8 Å². The summed E-state index contributed by atoms with van der Waals surface area (Å²) in [7, 11) is 0. The fraction of sp³-hybridized carbons (Fsp3) is 0.586. The van der Waals surface area contributed by atoms with Gasteiger partial charge in [-0.1, -0.05) is 11.6 Å². The Kier molecular flexibility index (Phi) is 8.16. The van der Waals surface area contributed by atoms with Gasteiger partial charge in [-0.15, -0.1) is 11.8 Å². The van der Waals surface area contributed by atoms with Crippen LogP contribution < -0.4 is 25.7 Å². The van der Waals surface area contributed by atoms with Gasteiger partial charge in [0.05, 0.1) is 5.02 Å². The molecule has 218 valence electrons. The molecule has 2 fully saturated rings. The second-order valence-corrected chi connectivity index (χ2v) is 12.8. The number of benzene rings is 1. The Balaban J connectivity index is 1.22. The van der Waals surface area contributed by atoms with E-state index in [1.165, 1.54) is 11.8 Å². The van der Waals surface area contributed by atoms with E-state index in [1.54, 1.807) is 13.0 Å². The molecule has 2 saturated carbocycles. The molecular weight excluding hydrogens is 560 g/mol. The topological polar surface area (TPSA) is 92.5 Å². The number of ether oxygens (including phenoxy) is 2. The maximum atomic E-state index is 13.2. The Hall–Kier alpha value is -2.30. The van der Waals surface area contributed by atoms with Gasteiger partial charge in [0.25, 0.3) is 23.2 Å². The van der Waals surface area contributed by atoms with E-state index in [-0.39, 0.29) is 42.8 Å². The first kappa shape index (κ1) is 29.2. The lowest BCUT2D eigenvalue weighted by molar-refractivity contribution is -0.123. The van der Waals surface area contributed by atoms with E-state index in [0.717, 1.165) is 42.8 Å². The lowest BCUT2D eigenvalue weighted by Crippen LogP contribution is -2.50. The van der Waals surface area contributed by atoms with Crippen molar-refractivity contribution >= 4 is 29.3 Å². The summed E-state index contributed by atoms with van der Waals surface area (Å²) in [6.45, 7) is 6.37. The van der Waals surface area contributed by atoms with Crippen molar-refractivity contribution in [1.82, 2.24) is 15.6 Å². The van der Waals surface area contributed by atoms with Gasteiger partial charge in [-0.05, 0) is 70.4 Å².